The first-order chi connectivity index (χ1) is 14.3. The first-order valence-corrected chi connectivity index (χ1v) is 9.97. The minimum Gasteiger partial charge on any atom is -0.491 e. The molecule has 0 radical (unpaired) electrons. The maximum atomic E-state index is 12.6. The molecular formula is C21H26N6O3. The Morgan fingerprint density at radius 1 is 1.33 bits per heavy atom. The Bertz CT molecular complexity index is 1080. The molecule has 0 saturated heterocycles. The summed E-state index contributed by atoms with van der Waals surface area (Å²) in [5, 5.41) is 16.5. The Morgan fingerprint density at radius 3 is 2.87 bits per heavy atom. The van der Waals surface area contributed by atoms with Gasteiger partial charge in [-0.05, 0) is 45.9 Å². The second-order valence-electron chi connectivity index (χ2n) is 8.32. The molecule has 2 aromatic heterocycles. The smallest absolute Gasteiger partial charge is 0.251 e. The molecule has 1 aliphatic rings. The summed E-state index contributed by atoms with van der Waals surface area (Å²) in [6, 6.07) is 5.48. The summed E-state index contributed by atoms with van der Waals surface area (Å²) >= 11 is 0. The number of benzene rings is 1. The molecule has 0 atom stereocenters. The minimum absolute atomic E-state index is 0.151. The Kier molecular flexibility index (Phi) is 5.07. The van der Waals surface area contributed by atoms with Crippen molar-refractivity contribution in [3.63, 3.8) is 0 Å². The molecule has 0 fully saturated rings. The number of rotatable bonds is 5. The number of fused-ring (bicyclic) bond motifs is 3. The summed E-state index contributed by atoms with van der Waals surface area (Å²) in [7, 11) is 0. The van der Waals surface area contributed by atoms with E-state index in [-0.39, 0.29) is 18.6 Å². The van der Waals surface area contributed by atoms with Crippen molar-refractivity contribution in [3.8, 4) is 28.7 Å². The molecule has 9 nitrogen and oxygen atoms in total. The molecule has 0 spiro atoms. The third-order valence-corrected chi connectivity index (χ3v) is 4.99. The van der Waals surface area contributed by atoms with Crippen LogP contribution < -0.4 is 10.1 Å². The van der Waals surface area contributed by atoms with Gasteiger partial charge < -0.3 is 19.7 Å². The lowest BCUT2D eigenvalue weighted by Gasteiger charge is -2.23. The molecule has 30 heavy (non-hydrogen) atoms. The van der Waals surface area contributed by atoms with Gasteiger partial charge in [0.05, 0.1) is 24.3 Å². The summed E-state index contributed by atoms with van der Waals surface area (Å²) in [6.07, 6.45) is 3.50. The fraction of sp³-hybridized carbons (Fsp3) is 0.429. The topological polar surface area (TPSA) is 107 Å². The number of aliphatic hydroxyl groups is 1. The van der Waals surface area contributed by atoms with E-state index in [0.717, 1.165) is 22.9 Å². The van der Waals surface area contributed by atoms with Crippen LogP contribution in [0.2, 0.25) is 0 Å². The van der Waals surface area contributed by atoms with E-state index in [1.807, 2.05) is 35.4 Å². The van der Waals surface area contributed by atoms with Crippen molar-refractivity contribution in [2.75, 3.05) is 13.2 Å². The van der Waals surface area contributed by atoms with Gasteiger partial charge in [-0.3, -0.25) is 4.79 Å². The zero-order valence-corrected chi connectivity index (χ0v) is 17.6. The molecular weight excluding hydrogens is 384 g/mol. The van der Waals surface area contributed by atoms with Crippen LogP contribution in [0.15, 0.2) is 30.7 Å². The summed E-state index contributed by atoms with van der Waals surface area (Å²) in [4.78, 5) is 21.8. The highest BCUT2D eigenvalue weighted by Crippen LogP contribution is 2.34. The number of ether oxygens (including phenoxy) is 1. The van der Waals surface area contributed by atoms with Crippen molar-refractivity contribution < 1.29 is 14.6 Å². The number of nitrogens with one attached hydrogen (secondary N) is 1. The Labute approximate surface area is 174 Å². The van der Waals surface area contributed by atoms with Crippen molar-refractivity contribution in [1.82, 2.24) is 29.6 Å². The molecule has 4 rings (SSSR count). The van der Waals surface area contributed by atoms with Crippen LogP contribution >= 0.6 is 0 Å². The molecule has 1 aliphatic heterocycles. The largest absolute Gasteiger partial charge is 0.491 e. The fourth-order valence-electron chi connectivity index (χ4n) is 3.36. The van der Waals surface area contributed by atoms with Crippen molar-refractivity contribution >= 4 is 5.91 Å². The van der Waals surface area contributed by atoms with E-state index in [1.165, 1.54) is 6.33 Å². The van der Waals surface area contributed by atoms with Crippen LogP contribution in [0, 0.1) is 0 Å². The van der Waals surface area contributed by atoms with Crippen LogP contribution in [0.3, 0.4) is 0 Å². The van der Waals surface area contributed by atoms with Gasteiger partial charge in [0.25, 0.3) is 5.91 Å². The molecule has 0 saturated carbocycles. The van der Waals surface area contributed by atoms with Gasteiger partial charge in [-0.25, -0.2) is 14.6 Å². The number of aliphatic hydroxyl groups excluding tert-OH is 1. The summed E-state index contributed by atoms with van der Waals surface area (Å²) in [5.41, 5.74) is 1.32. The molecule has 2 N–H and O–H groups in total. The van der Waals surface area contributed by atoms with E-state index < -0.39 is 5.54 Å². The lowest BCUT2D eigenvalue weighted by atomic mass is 10.0. The molecule has 0 aliphatic carbocycles. The van der Waals surface area contributed by atoms with Gasteiger partial charge in [0.2, 0.25) is 0 Å². The van der Waals surface area contributed by atoms with E-state index in [1.54, 1.807) is 26.0 Å². The van der Waals surface area contributed by atoms with Crippen LogP contribution in [-0.4, -0.2) is 54.1 Å². The molecule has 3 heterocycles. The lowest BCUT2D eigenvalue weighted by Crippen LogP contribution is -2.46. The zero-order valence-electron chi connectivity index (χ0n) is 17.6. The third kappa shape index (κ3) is 3.68. The zero-order chi connectivity index (χ0) is 21.5. The first-order valence-electron chi connectivity index (χ1n) is 9.97. The highest BCUT2D eigenvalue weighted by atomic mass is 16.5. The van der Waals surface area contributed by atoms with E-state index in [0.29, 0.717) is 24.5 Å². The Morgan fingerprint density at radius 2 is 2.13 bits per heavy atom. The third-order valence-electron chi connectivity index (χ3n) is 4.99. The molecule has 9 heteroatoms. The van der Waals surface area contributed by atoms with Crippen molar-refractivity contribution in [2.45, 2.75) is 45.8 Å². The monoisotopic (exact) mass is 410 g/mol. The molecule has 1 amide bonds. The predicted molar refractivity (Wildman–Crippen MR) is 111 cm³/mol. The van der Waals surface area contributed by atoms with Crippen molar-refractivity contribution in [1.29, 1.82) is 0 Å². The maximum absolute atomic E-state index is 12.6. The number of nitrogens with zero attached hydrogens (tertiary/aromatic N) is 5. The highest BCUT2D eigenvalue weighted by Gasteiger charge is 2.24. The van der Waals surface area contributed by atoms with Crippen molar-refractivity contribution in [3.05, 3.63) is 36.3 Å². The average molecular weight is 410 g/mol. The maximum Gasteiger partial charge on any atom is 0.251 e. The normalized spacial score (nSPS) is 13.4. The number of carbonyl (C=O) groups is 1. The van der Waals surface area contributed by atoms with Crippen LogP contribution in [-0.2, 0) is 6.54 Å². The average Bonchev–Trinajstić information content (AvgIpc) is 3.31. The molecule has 3 aromatic rings. The van der Waals surface area contributed by atoms with Gasteiger partial charge in [0, 0.05) is 17.8 Å². The number of carbonyl (C=O) groups excluding carboxylic acids is 1. The van der Waals surface area contributed by atoms with Crippen LogP contribution in [0.5, 0.6) is 5.75 Å². The van der Waals surface area contributed by atoms with Gasteiger partial charge >= 0.3 is 0 Å². The highest BCUT2D eigenvalue weighted by molar-refractivity contribution is 5.96. The minimum atomic E-state index is -0.706. The van der Waals surface area contributed by atoms with Gasteiger partial charge in [-0.2, -0.15) is 5.10 Å². The molecule has 158 valence electrons. The van der Waals surface area contributed by atoms with Crippen molar-refractivity contribution in [2.24, 2.45) is 0 Å². The summed E-state index contributed by atoms with van der Waals surface area (Å²) < 4.78 is 9.79. The van der Waals surface area contributed by atoms with Gasteiger partial charge in [0.1, 0.15) is 30.2 Å². The van der Waals surface area contributed by atoms with E-state index in [9.17, 15) is 9.90 Å². The second-order valence-corrected chi connectivity index (χ2v) is 8.32. The predicted octanol–water partition coefficient (Wildman–Crippen LogP) is 2.28. The Balaban J connectivity index is 1.70. The van der Waals surface area contributed by atoms with Gasteiger partial charge in [-0.15, -0.1) is 0 Å². The first kappa shape index (κ1) is 20.1. The number of aromatic nitrogens is 5. The second kappa shape index (κ2) is 7.56. The Hall–Kier alpha value is -3.20. The molecule has 0 bridgehead atoms. The number of amides is 1. The summed E-state index contributed by atoms with van der Waals surface area (Å²) in [5.74, 6) is 1.82. The number of hydrogen-bond donors (Lipinski definition) is 2. The summed E-state index contributed by atoms with van der Waals surface area (Å²) in [6.45, 7) is 8.56. The molecule has 0 unspecified atom stereocenters. The van der Waals surface area contributed by atoms with E-state index in [2.05, 4.69) is 15.4 Å². The number of hydrogen-bond acceptors (Lipinski definition) is 6. The van der Waals surface area contributed by atoms with E-state index in [4.69, 9.17) is 9.72 Å². The fourth-order valence-corrected chi connectivity index (χ4v) is 3.36. The quantitative estimate of drug-likeness (QED) is 0.668. The molecule has 1 aromatic carbocycles. The lowest BCUT2D eigenvalue weighted by molar-refractivity contribution is 0.0869. The van der Waals surface area contributed by atoms with Crippen LogP contribution in [0.1, 0.15) is 44.1 Å². The van der Waals surface area contributed by atoms with Crippen LogP contribution in [0.4, 0.5) is 0 Å². The SMILES string of the molecule is CC(C)n1ncnc1-c1cn2c(n1)-c1ccc(C(=O)NC(C)(C)CO)cc1OCC2. The standard InChI is InChI=1S/C21H26N6O3/c1-13(2)27-19(22-12-23-27)16-10-26-7-8-30-17-9-14(5-6-15(17)18(26)24-16)20(29)25-21(3,4)11-28/h5-6,9-10,12-13,28H,7-8,11H2,1-4H3,(H,25,29). The van der Waals surface area contributed by atoms with Gasteiger partial charge in [-0.1, -0.05) is 0 Å². The number of imidazole rings is 1. The van der Waals surface area contributed by atoms with Gasteiger partial charge in [0.15, 0.2) is 5.82 Å². The van der Waals surface area contributed by atoms with Crippen LogP contribution in [0.25, 0.3) is 22.9 Å². The van der Waals surface area contributed by atoms with E-state index >= 15 is 0 Å².